The highest BCUT2D eigenvalue weighted by Gasteiger charge is 2.30. The van der Waals surface area contributed by atoms with Crippen LogP contribution in [-0.2, 0) is 65.4 Å². The molecule has 5 atom stereocenters. The lowest BCUT2D eigenvalue weighted by Gasteiger charge is -2.21. The van der Waals surface area contributed by atoms with Gasteiger partial charge in [0, 0.05) is 25.7 Å². The summed E-state index contributed by atoms with van der Waals surface area (Å²) in [6, 6.07) is 0. The Hall–Kier alpha value is -4.02. The van der Waals surface area contributed by atoms with Crippen molar-refractivity contribution in [3.63, 3.8) is 0 Å². The second-order valence-corrected chi connectivity index (χ2v) is 29.2. The highest BCUT2D eigenvalue weighted by Crippen LogP contribution is 2.45. The van der Waals surface area contributed by atoms with Gasteiger partial charge in [0.05, 0.1) is 26.4 Å². The lowest BCUT2D eigenvalue weighted by Crippen LogP contribution is -2.30. The van der Waals surface area contributed by atoms with Crippen LogP contribution in [0, 0.1) is 0 Å². The second kappa shape index (κ2) is 73.3. The van der Waals surface area contributed by atoms with Crippen LogP contribution in [0.5, 0.6) is 0 Å². The van der Waals surface area contributed by atoms with E-state index in [1.54, 1.807) is 0 Å². The number of unbranched alkanes of at least 4 members (excludes halogenated alkanes) is 32. The van der Waals surface area contributed by atoms with E-state index in [9.17, 15) is 43.2 Å². The van der Waals surface area contributed by atoms with Gasteiger partial charge in [0.15, 0.2) is 12.2 Å². The maximum Gasteiger partial charge on any atom is 0.472 e. The molecule has 0 aromatic heterocycles. The van der Waals surface area contributed by atoms with Gasteiger partial charge in [-0.3, -0.25) is 37.3 Å². The molecule has 5 unspecified atom stereocenters. The van der Waals surface area contributed by atoms with Gasteiger partial charge in [-0.15, -0.1) is 0 Å². The van der Waals surface area contributed by atoms with Crippen molar-refractivity contribution < 1.29 is 80.2 Å². The lowest BCUT2D eigenvalue weighted by atomic mass is 10.0. The minimum Gasteiger partial charge on any atom is -0.462 e. The van der Waals surface area contributed by atoms with Crippen molar-refractivity contribution in [3.8, 4) is 0 Å². The van der Waals surface area contributed by atoms with Crippen molar-refractivity contribution in [2.75, 3.05) is 39.6 Å². The molecule has 17 nitrogen and oxygen atoms in total. The molecule has 0 radical (unpaired) electrons. The summed E-state index contributed by atoms with van der Waals surface area (Å²) in [5, 5.41) is 10.6. The number of hydrogen-bond acceptors (Lipinski definition) is 15. The van der Waals surface area contributed by atoms with Crippen molar-refractivity contribution in [2.24, 2.45) is 0 Å². The van der Waals surface area contributed by atoms with Crippen LogP contribution in [0.25, 0.3) is 0 Å². The molecule has 0 aliphatic rings. The molecule has 0 aromatic carbocycles. The Bertz CT molecular complexity index is 2270. The molecule has 0 aliphatic carbocycles. The van der Waals surface area contributed by atoms with Gasteiger partial charge in [-0.25, -0.2) is 9.13 Å². The highest BCUT2D eigenvalue weighted by atomic mass is 31.2. The zero-order valence-corrected chi connectivity index (χ0v) is 64.9. The van der Waals surface area contributed by atoms with Crippen LogP contribution in [0.1, 0.15) is 336 Å². The van der Waals surface area contributed by atoms with Crippen molar-refractivity contribution in [1.82, 2.24) is 0 Å². The summed E-state index contributed by atoms with van der Waals surface area (Å²) in [5.74, 6) is -2.20. The minimum absolute atomic E-state index is 0.0778. The van der Waals surface area contributed by atoms with Crippen molar-refractivity contribution in [2.45, 2.75) is 354 Å². The van der Waals surface area contributed by atoms with Crippen LogP contribution in [0.4, 0.5) is 0 Å². The number of rotatable bonds is 74. The van der Waals surface area contributed by atoms with Gasteiger partial charge in [-0.2, -0.15) is 0 Å². The average molecular weight is 1450 g/mol. The highest BCUT2D eigenvalue weighted by molar-refractivity contribution is 7.47. The summed E-state index contributed by atoms with van der Waals surface area (Å²) in [4.78, 5) is 72.9. The standard InChI is InChI=1S/C81H142O17P2/c1-5-9-13-17-21-25-29-33-35-37-39-43-46-50-54-58-62-66-79(84)92-72-77(98-81(86)68-64-60-56-52-48-44-40-38-36-34-30-26-22-18-14-10-6-2)74-96-100(89,90)94-70-75(82)69-93-99(87,88)95-73-76(97-80(85)67-63-59-55-51-47-42-32-28-24-20-16-12-8-4)71-91-78(83)65-61-57-53-49-45-41-31-27-23-19-15-11-7-3/h9-10,13-14,21-22,25-27,31,33-36,39,43,75-77,82H,5-8,11-12,15-20,23-24,28-30,32,37-38,40-42,44-74H2,1-4H3,(H,87,88)(H,89,90)/b13-9-,14-10-,25-21-,26-22-,31-27-,35-33-,36-34-,43-39-. The third-order valence-electron chi connectivity index (χ3n) is 16.5. The number of allylic oxidation sites excluding steroid dienone is 16. The van der Waals surface area contributed by atoms with E-state index in [4.69, 9.17) is 37.0 Å². The maximum atomic E-state index is 13.1. The van der Waals surface area contributed by atoms with Crippen LogP contribution < -0.4 is 0 Å². The summed E-state index contributed by atoms with van der Waals surface area (Å²) >= 11 is 0. The molecule has 0 bridgehead atoms. The Morgan fingerprint density at radius 2 is 0.520 bits per heavy atom. The number of phosphoric ester groups is 2. The Morgan fingerprint density at radius 1 is 0.290 bits per heavy atom. The second-order valence-electron chi connectivity index (χ2n) is 26.2. The van der Waals surface area contributed by atoms with Gasteiger partial charge in [0.2, 0.25) is 0 Å². The number of aliphatic hydroxyl groups is 1. The molecule has 0 saturated heterocycles. The summed E-state index contributed by atoms with van der Waals surface area (Å²) in [6.07, 6.45) is 76.7. The first-order valence-corrected chi connectivity index (χ1v) is 42.5. The fraction of sp³-hybridized carbons (Fsp3) is 0.753. The SMILES string of the molecule is CC/C=C\C/C=C\C/C=C\C/C=C\CCCCCCC(=O)OCC(COP(=O)(O)OCC(O)COP(=O)(O)OCC(COC(=O)CCCCCCC/C=C\CCCCCC)OC(=O)CCCCCCCCCCCCCCC)OC(=O)CCCCCCCCC/C=C\C/C=C\C/C=C\CC. The van der Waals surface area contributed by atoms with Crippen LogP contribution in [0.2, 0.25) is 0 Å². The Morgan fingerprint density at radius 3 is 0.820 bits per heavy atom. The molecule has 100 heavy (non-hydrogen) atoms. The van der Waals surface area contributed by atoms with E-state index in [1.807, 2.05) is 0 Å². The van der Waals surface area contributed by atoms with E-state index >= 15 is 0 Å². The fourth-order valence-corrected chi connectivity index (χ4v) is 12.2. The molecule has 0 saturated carbocycles. The zero-order chi connectivity index (χ0) is 73.2. The predicted molar refractivity (Wildman–Crippen MR) is 409 cm³/mol. The van der Waals surface area contributed by atoms with Crippen LogP contribution >= 0.6 is 15.6 Å². The van der Waals surface area contributed by atoms with Gasteiger partial charge >= 0.3 is 39.5 Å². The number of esters is 4. The lowest BCUT2D eigenvalue weighted by molar-refractivity contribution is -0.161. The summed E-state index contributed by atoms with van der Waals surface area (Å²) in [6.45, 7) is 4.63. The molecule has 0 aromatic rings. The van der Waals surface area contributed by atoms with E-state index in [0.717, 1.165) is 180 Å². The van der Waals surface area contributed by atoms with E-state index in [2.05, 4.69) is 125 Å². The summed E-state index contributed by atoms with van der Waals surface area (Å²) in [5.41, 5.74) is 0. The molecule has 0 aliphatic heterocycles. The molecule has 0 spiro atoms. The Labute approximate surface area is 607 Å². The molecule has 0 heterocycles. The van der Waals surface area contributed by atoms with Crippen molar-refractivity contribution in [3.05, 3.63) is 97.2 Å². The van der Waals surface area contributed by atoms with Crippen LogP contribution in [0.3, 0.4) is 0 Å². The Kier molecular flexibility index (Phi) is 70.4. The molecule has 3 N–H and O–H groups in total. The molecule has 0 rings (SSSR count). The quantitative estimate of drug-likeness (QED) is 0.0169. The van der Waals surface area contributed by atoms with Crippen molar-refractivity contribution >= 4 is 39.5 Å². The first-order chi connectivity index (χ1) is 48.7. The minimum atomic E-state index is -4.98. The van der Waals surface area contributed by atoms with E-state index in [1.165, 1.54) is 77.0 Å². The molecule has 578 valence electrons. The number of carbonyl (C=O) groups is 4. The summed E-state index contributed by atoms with van der Waals surface area (Å²) < 4.78 is 68.6. The number of carbonyl (C=O) groups excluding carboxylic acids is 4. The van der Waals surface area contributed by atoms with Crippen LogP contribution in [-0.4, -0.2) is 96.7 Å². The number of aliphatic hydroxyl groups excluding tert-OH is 1. The fourth-order valence-electron chi connectivity index (χ4n) is 10.6. The van der Waals surface area contributed by atoms with Gasteiger partial charge in [-0.1, -0.05) is 285 Å². The van der Waals surface area contributed by atoms with Crippen LogP contribution in [0.15, 0.2) is 97.2 Å². The van der Waals surface area contributed by atoms with Gasteiger partial charge in [0.25, 0.3) is 0 Å². The van der Waals surface area contributed by atoms with E-state index in [-0.39, 0.29) is 25.7 Å². The topological polar surface area (TPSA) is 237 Å². The first-order valence-electron chi connectivity index (χ1n) is 39.5. The molecule has 19 heteroatoms. The van der Waals surface area contributed by atoms with Gasteiger partial charge in [-0.05, 0) is 122 Å². The number of phosphoric acid groups is 2. The normalized spacial score (nSPS) is 14.4. The third-order valence-corrected chi connectivity index (χ3v) is 18.4. The van der Waals surface area contributed by atoms with E-state index in [0.29, 0.717) is 25.7 Å². The monoisotopic (exact) mass is 1450 g/mol. The largest absolute Gasteiger partial charge is 0.472 e. The molecule has 0 amide bonds. The molecular weight excluding hydrogens is 1310 g/mol. The average Bonchev–Trinajstić information content (AvgIpc) is 1.15. The Balaban J connectivity index is 5.37. The predicted octanol–water partition coefficient (Wildman–Crippen LogP) is 22.8. The maximum absolute atomic E-state index is 13.1. The third kappa shape index (κ3) is 72.3. The summed E-state index contributed by atoms with van der Waals surface area (Å²) in [7, 11) is -9.96. The first kappa shape index (κ1) is 96.0. The van der Waals surface area contributed by atoms with E-state index < -0.39 is 97.5 Å². The number of hydrogen-bond donors (Lipinski definition) is 3. The molecular formula is C81H142O17P2. The van der Waals surface area contributed by atoms with Crippen molar-refractivity contribution in [1.29, 1.82) is 0 Å². The number of ether oxygens (including phenoxy) is 4. The van der Waals surface area contributed by atoms with Gasteiger partial charge < -0.3 is 33.8 Å². The van der Waals surface area contributed by atoms with Gasteiger partial charge in [0.1, 0.15) is 19.3 Å². The molecule has 0 fully saturated rings. The zero-order valence-electron chi connectivity index (χ0n) is 63.1. The smallest absolute Gasteiger partial charge is 0.462 e.